The van der Waals surface area contributed by atoms with Crippen molar-refractivity contribution < 1.29 is 19.1 Å². The van der Waals surface area contributed by atoms with Gasteiger partial charge in [-0.2, -0.15) is 5.10 Å². The second kappa shape index (κ2) is 5.36. The van der Waals surface area contributed by atoms with Gasteiger partial charge in [-0.25, -0.2) is 4.79 Å². The number of hydrogen-bond donors (Lipinski definition) is 3. The van der Waals surface area contributed by atoms with Crippen LogP contribution < -0.4 is 5.32 Å². The predicted octanol–water partition coefficient (Wildman–Crippen LogP) is 2.67. The van der Waals surface area contributed by atoms with E-state index in [2.05, 4.69) is 15.5 Å². The number of carboxylic acids is 1. The van der Waals surface area contributed by atoms with E-state index in [0.717, 1.165) is 12.1 Å². The number of aromatic amines is 1. The summed E-state index contributed by atoms with van der Waals surface area (Å²) in [7, 11) is 0. The van der Waals surface area contributed by atoms with E-state index in [1.54, 1.807) is 24.3 Å². The second-order valence-electron chi connectivity index (χ2n) is 4.75. The van der Waals surface area contributed by atoms with Crippen molar-refractivity contribution in [1.29, 1.82) is 0 Å². The largest absolute Gasteiger partial charge is 0.475 e. The number of rotatable bonds is 4. The summed E-state index contributed by atoms with van der Waals surface area (Å²) in [5, 5.41) is 18.9. The molecule has 0 saturated heterocycles. The van der Waals surface area contributed by atoms with Gasteiger partial charge in [0.05, 0.1) is 0 Å². The number of furan rings is 1. The first-order valence-electron chi connectivity index (χ1n) is 6.69. The van der Waals surface area contributed by atoms with Gasteiger partial charge in [0.1, 0.15) is 5.58 Å². The Morgan fingerprint density at radius 3 is 2.82 bits per heavy atom. The predicted molar refractivity (Wildman–Crippen MR) is 79.1 cm³/mol. The maximum absolute atomic E-state index is 12.1. The fourth-order valence-corrected chi connectivity index (χ4v) is 2.08. The van der Waals surface area contributed by atoms with Crippen LogP contribution in [0.25, 0.3) is 11.0 Å². The number of aryl methyl sites for hydroxylation is 1. The summed E-state index contributed by atoms with van der Waals surface area (Å²) in [4.78, 5) is 23.0. The zero-order valence-corrected chi connectivity index (χ0v) is 11.7. The number of nitrogens with one attached hydrogen (secondary N) is 2. The Morgan fingerprint density at radius 1 is 1.32 bits per heavy atom. The number of benzene rings is 1. The van der Waals surface area contributed by atoms with Crippen molar-refractivity contribution in [2.45, 2.75) is 13.3 Å². The van der Waals surface area contributed by atoms with Crippen LogP contribution in [0.5, 0.6) is 0 Å². The topological polar surface area (TPSA) is 108 Å². The first-order chi connectivity index (χ1) is 10.6. The molecule has 2 aromatic heterocycles. The van der Waals surface area contributed by atoms with Gasteiger partial charge in [-0.05, 0) is 36.8 Å². The number of hydrogen-bond acceptors (Lipinski definition) is 4. The van der Waals surface area contributed by atoms with Crippen molar-refractivity contribution in [2.75, 3.05) is 5.32 Å². The summed E-state index contributed by atoms with van der Waals surface area (Å²) < 4.78 is 5.16. The molecular weight excluding hydrogens is 286 g/mol. The van der Waals surface area contributed by atoms with E-state index in [1.807, 2.05) is 6.92 Å². The quantitative estimate of drug-likeness (QED) is 0.686. The molecular formula is C15H13N3O4. The number of H-pyrrole nitrogens is 1. The van der Waals surface area contributed by atoms with Crippen LogP contribution in [-0.2, 0) is 6.42 Å². The molecule has 1 aromatic carbocycles. The molecule has 3 N–H and O–H groups in total. The number of amides is 1. The fraction of sp³-hybridized carbons (Fsp3) is 0.133. The van der Waals surface area contributed by atoms with Gasteiger partial charge < -0.3 is 14.8 Å². The molecule has 3 rings (SSSR count). The van der Waals surface area contributed by atoms with Crippen molar-refractivity contribution in [3.05, 3.63) is 47.5 Å². The molecule has 7 heteroatoms. The molecule has 0 unspecified atom stereocenters. The van der Waals surface area contributed by atoms with Crippen molar-refractivity contribution in [2.24, 2.45) is 0 Å². The Morgan fingerprint density at radius 2 is 2.14 bits per heavy atom. The van der Waals surface area contributed by atoms with Crippen LogP contribution in [0.3, 0.4) is 0 Å². The number of aromatic nitrogens is 2. The van der Waals surface area contributed by atoms with E-state index in [0.29, 0.717) is 22.4 Å². The Labute approximate surface area is 124 Å². The molecule has 3 aromatic rings. The minimum atomic E-state index is -1.13. The average Bonchev–Trinajstić information content (AvgIpc) is 3.13. The van der Waals surface area contributed by atoms with Gasteiger partial charge >= 0.3 is 5.97 Å². The van der Waals surface area contributed by atoms with Gasteiger partial charge in [-0.15, -0.1) is 0 Å². The molecule has 0 fully saturated rings. The first kappa shape index (κ1) is 13.9. The molecule has 22 heavy (non-hydrogen) atoms. The van der Waals surface area contributed by atoms with Crippen LogP contribution in [-0.4, -0.2) is 27.2 Å². The summed E-state index contributed by atoms with van der Waals surface area (Å²) in [5.74, 6) is -1.61. The monoisotopic (exact) mass is 299 g/mol. The Kier molecular flexibility index (Phi) is 3.38. The lowest BCUT2D eigenvalue weighted by molar-refractivity contribution is 0.0665. The summed E-state index contributed by atoms with van der Waals surface area (Å²) in [6.07, 6.45) is 0.763. The fourth-order valence-electron chi connectivity index (χ4n) is 2.08. The molecule has 112 valence electrons. The smallest absolute Gasteiger partial charge is 0.371 e. The number of fused-ring (bicyclic) bond motifs is 1. The molecule has 7 nitrogen and oxygen atoms in total. The van der Waals surface area contributed by atoms with Gasteiger partial charge in [-0.1, -0.05) is 6.92 Å². The molecule has 2 heterocycles. The van der Waals surface area contributed by atoms with Gasteiger partial charge in [0, 0.05) is 16.8 Å². The Balaban J connectivity index is 1.84. The van der Waals surface area contributed by atoms with Crippen LogP contribution in [0.15, 0.2) is 34.7 Å². The van der Waals surface area contributed by atoms with Crippen molar-refractivity contribution in [1.82, 2.24) is 10.2 Å². The number of carbonyl (C=O) groups excluding carboxylic acids is 1. The van der Waals surface area contributed by atoms with E-state index < -0.39 is 5.97 Å². The third kappa shape index (κ3) is 2.56. The zero-order chi connectivity index (χ0) is 15.7. The molecule has 0 radical (unpaired) electrons. The average molecular weight is 299 g/mol. The highest BCUT2D eigenvalue weighted by molar-refractivity contribution is 6.04. The van der Waals surface area contributed by atoms with E-state index in [-0.39, 0.29) is 11.7 Å². The maximum Gasteiger partial charge on any atom is 0.371 e. The van der Waals surface area contributed by atoms with Crippen molar-refractivity contribution >= 4 is 28.5 Å². The van der Waals surface area contributed by atoms with E-state index in [1.165, 1.54) is 6.07 Å². The van der Waals surface area contributed by atoms with Crippen LogP contribution in [0.1, 0.15) is 33.7 Å². The van der Waals surface area contributed by atoms with Crippen LogP contribution in [0, 0.1) is 0 Å². The molecule has 0 atom stereocenters. The third-order valence-corrected chi connectivity index (χ3v) is 3.23. The first-order valence-corrected chi connectivity index (χ1v) is 6.69. The summed E-state index contributed by atoms with van der Waals surface area (Å²) >= 11 is 0. The highest BCUT2D eigenvalue weighted by atomic mass is 16.4. The number of aromatic carboxylic acids is 1. The van der Waals surface area contributed by atoms with E-state index in [4.69, 9.17) is 9.52 Å². The Bertz CT molecular complexity index is 863. The maximum atomic E-state index is 12.1. The molecule has 0 aliphatic rings. The van der Waals surface area contributed by atoms with Crippen molar-refractivity contribution in [3.63, 3.8) is 0 Å². The Hall–Kier alpha value is -3.09. The molecule has 0 aliphatic carbocycles. The number of carbonyl (C=O) groups is 2. The summed E-state index contributed by atoms with van der Waals surface area (Å²) in [5.41, 5.74) is 2.16. The molecule has 0 saturated carbocycles. The highest BCUT2D eigenvalue weighted by Gasteiger charge is 2.13. The lowest BCUT2D eigenvalue weighted by Crippen LogP contribution is -2.12. The normalized spacial score (nSPS) is 10.8. The minimum Gasteiger partial charge on any atom is -0.475 e. The number of anilines is 1. The highest BCUT2D eigenvalue weighted by Crippen LogP contribution is 2.23. The minimum absolute atomic E-state index is 0.140. The summed E-state index contributed by atoms with van der Waals surface area (Å²) in [6, 6.07) is 8.00. The van der Waals surface area contributed by atoms with Gasteiger partial charge in [0.15, 0.2) is 5.69 Å². The van der Waals surface area contributed by atoms with Crippen LogP contribution in [0.4, 0.5) is 5.69 Å². The second-order valence-corrected chi connectivity index (χ2v) is 4.75. The van der Waals surface area contributed by atoms with E-state index in [9.17, 15) is 9.59 Å². The SMILES string of the molecule is CCc1cc(C(=O)Nc2ccc3oc(C(=O)O)cc3c2)n[nH]1. The van der Waals surface area contributed by atoms with Gasteiger partial charge in [0.25, 0.3) is 5.91 Å². The van der Waals surface area contributed by atoms with E-state index >= 15 is 0 Å². The van der Waals surface area contributed by atoms with Crippen LogP contribution in [0.2, 0.25) is 0 Å². The lowest BCUT2D eigenvalue weighted by atomic mass is 10.2. The molecule has 0 spiro atoms. The van der Waals surface area contributed by atoms with Gasteiger partial charge in [-0.3, -0.25) is 9.89 Å². The standard InChI is InChI=1S/C15H13N3O4/c1-2-9-7-11(18-17-9)14(19)16-10-3-4-12-8(5-10)6-13(22-12)15(20)21/h3-7H,2H2,1H3,(H,16,19)(H,17,18)(H,20,21). The molecule has 1 amide bonds. The number of nitrogens with zero attached hydrogens (tertiary/aromatic N) is 1. The lowest BCUT2D eigenvalue weighted by Gasteiger charge is -2.02. The molecule has 0 aliphatic heterocycles. The summed E-state index contributed by atoms with van der Waals surface area (Å²) in [6.45, 7) is 1.96. The van der Waals surface area contributed by atoms with Crippen LogP contribution >= 0.6 is 0 Å². The number of carboxylic acid groups (broad SMARTS) is 1. The zero-order valence-electron chi connectivity index (χ0n) is 11.7. The third-order valence-electron chi connectivity index (χ3n) is 3.23. The molecule has 0 bridgehead atoms. The van der Waals surface area contributed by atoms with Gasteiger partial charge in [0.2, 0.25) is 5.76 Å². The van der Waals surface area contributed by atoms with Crippen molar-refractivity contribution in [3.8, 4) is 0 Å².